The van der Waals surface area contributed by atoms with E-state index >= 15 is 0 Å². The van der Waals surface area contributed by atoms with E-state index in [9.17, 15) is 13.2 Å². The lowest BCUT2D eigenvalue weighted by Gasteiger charge is -2.20. The van der Waals surface area contributed by atoms with Crippen molar-refractivity contribution in [2.45, 2.75) is 11.3 Å². The highest BCUT2D eigenvalue weighted by atomic mass is 35.5. The molecular formula is C16H14ClNO4S. The fourth-order valence-electron chi connectivity index (χ4n) is 2.60. The van der Waals surface area contributed by atoms with Gasteiger partial charge in [-0.25, -0.2) is 13.2 Å². The quantitative estimate of drug-likeness (QED) is 0.798. The van der Waals surface area contributed by atoms with Gasteiger partial charge in [-0.1, -0.05) is 23.7 Å². The van der Waals surface area contributed by atoms with Crippen molar-refractivity contribution in [1.82, 2.24) is 0 Å². The molecule has 0 unspecified atom stereocenters. The van der Waals surface area contributed by atoms with Crippen LogP contribution in [0.25, 0.3) is 0 Å². The zero-order valence-corrected chi connectivity index (χ0v) is 13.9. The van der Waals surface area contributed by atoms with E-state index in [1.165, 1.54) is 23.5 Å². The second-order valence-corrected chi connectivity index (χ2v) is 7.42. The van der Waals surface area contributed by atoms with Gasteiger partial charge in [0.25, 0.3) is 10.0 Å². The zero-order valence-electron chi connectivity index (χ0n) is 12.3. The molecule has 3 rings (SSSR count). The third-order valence-electron chi connectivity index (χ3n) is 3.74. The summed E-state index contributed by atoms with van der Waals surface area (Å²) in [5.41, 5.74) is 1.70. The first-order valence-corrected chi connectivity index (χ1v) is 8.75. The molecule has 0 N–H and O–H groups in total. The summed E-state index contributed by atoms with van der Waals surface area (Å²) in [6, 6.07) is 11.1. The summed E-state index contributed by atoms with van der Waals surface area (Å²) in [7, 11) is -2.44. The van der Waals surface area contributed by atoms with Crippen molar-refractivity contribution in [3.8, 4) is 0 Å². The fraction of sp³-hybridized carbons (Fsp3) is 0.188. The minimum Gasteiger partial charge on any atom is -0.465 e. The van der Waals surface area contributed by atoms with Crippen LogP contribution in [0, 0.1) is 0 Å². The maximum Gasteiger partial charge on any atom is 0.337 e. The Hall–Kier alpha value is -2.05. The van der Waals surface area contributed by atoms with Gasteiger partial charge in [0.1, 0.15) is 0 Å². The van der Waals surface area contributed by atoms with Crippen LogP contribution in [-0.4, -0.2) is 28.0 Å². The average molecular weight is 352 g/mol. The first kappa shape index (κ1) is 15.8. The average Bonchev–Trinajstić information content (AvgIpc) is 2.97. The van der Waals surface area contributed by atoms with Crippen LogP contribution in [0.4, 0.5) is 5.69 Å². The van der Waals surface area contributed by atoms with Gasteiger partial charge < -0.3 is 4.74 Å². The summed E-state index contributed by atoms with van der Waals surface area (Å²) < 4.78 is 31.7. The van der Waals surface area contributed by atoms with E-state index in [1.807, 2.05) is 0 Å². The molecule has 120 valence electrons. The van der Waals surface area contributed by atoms with Crippen molar-refractivity contribution in [2.75, 3.05) is 18.0 Å². The number of hydrogen-bond donors (Lipinski definition) is 0. The van der Waals surface area contributed by atoms with E-state index in [-0.39, 0.29) is 4.90 Å². The number of fused-ring (bicyclic) bond motifs is 1. The van der Waals surface area contributed by atoms with Crippen molar-refractivity contribution >= 4 is 33.3 Å². The lowest BCUT2D eigenvalue weighted by molar-refractivity contribution is 0.0601. The highest BCUT2D eigenvalue weighted by Gasteiger charge is 2.31. The number of benzene rings is 2. The molecule has 1 aliphatic rings. The maximum absolute atomic E-state index is 12.9. The zero-order chi connectivity index (χ0) is 16.6. The third kappa shape index (κ3) is 2.80. The van der Waals surface area contributed by atoms with Gasteiger partial charge in [-0.05, 0) is 42.3 Å². The summed E-state index contributed by atoms with van der Waals surface area (Å²) in [5.74, 6) is -0.500. The molecule has 0 fully saturated rings. The van der Waals surface area contributed by atoms with Gasteiger partial charge in [0.15, 0.2) is 0 Å². The first-order valence-electron chi connectivity index (χ1n) is 6.93. The van der Waals surface area contributed by atoms with E-state index in [0.29, 0.717) is 29.2 Å². The van der Waals surface area contributed by atoms with Crippen LogP contribution < -0.4 is 4.31 Å². The van der Waals surface area contributed by atoms with Crippen LogP contribution in [0.2, 0.25) is 5.02 Å². The number of anilines is 1. The van der Waals surface area contributed by atoms with Gasteiger partial charge in [0.05, 0.1) is 23.3 Å². The Labute approximate surface area is 139 Å². The SMILES string of the molecule is COC(=O)c1ccc2c(c1)N(S(=O)(=O)c1cccc(Cl)c1)CC2. The first-order chi connectivity index (χ1) is 10.9. The van der Waals surface area contributed by atoms with Crippen LogP contribution in [0.15, 0.2) is 47.4 Å². The number of hydrogen-bond acceptors (Lipinski definition) is 4. The summed E-state index contributed by atoms with van der Waals surface area (Å²) in [6.45, 7) is 0.328. The summed E-state index contributed by atoms with van der Waals surface area (Å²) in [6.07, 6.45) is 0.594. The van der Waals surface area contributed by atoms with Crippen LogP contribution >= 0.6 is 11.6 Å². The Kier molecular flexibility index (Phi) is 4.04. The standard InChI is InChI=1S/C16H14ClNO4S/c1-22-16(19)12-6-5-11-7-8-18(15(11)9-12)23(20,21)14-4-2-3-13(17)10-14/h2-6,9-10H,7-8H2,1H3. The maximum atomic E-state index is 12.9. The molecule has 0 spiro atoms. The number of ether oxygens (including phenoxy) is 1. The summed E-state index contributed by atoms with van der Waals surface area (Å²) in [5, 5.41) is 0.355. The van der Waals surface area contributed by atoms with Gasteiger partial charge in [0, 0.05) is 11.6 Å². The number of nitrogens with zero attached hydrogens (tertiary/aromatic N) is 1. The molecule has 0 atom stereocenters. The van der Waals surface area contributed by atoms with Gasteiger partial charge in [-0.2, -0.15) is 0 Å². The van der Waals surface area contributed by atoms with Crippen molar-refractivity contribution < 1.29 is 17.9 Å². The monoisotopic (exact) mass is 351 g/mol. The lowest BCUT2D eigenvalue weighted by atomic mass is 10.1. The van der Waals surface area contributed by atoms with Crippen molar-refractivity contribution in [3.05, 3.63) is 58.6 Å². The Morgan fingerprint density at radius 2 is 2.00 bits per heavy atom. The van der Waals surface area contributed by atoms with Crippen molar-refractivity contribution in [3.63, 3.8) is 0 Å². The molecule has 0 amide bonds. The van der Waals surface area contributed by atoms with Gasteiger partial charge in [-0.15, -0.1) is 0 Å². The smallest absolute Gasteiger partial charge is 0.337 e. The molecule has 0 aromatic heterocycles. The molecule has 1 aliphatic heterocycles. The Morgan fingerprint density at radius 3 is 2.70 bits per heavy atom. The Morgan fingerprint density at radius 1 is 1.22 bits per heavy atom. The molecule has 23 heavy (non-hydrogen) atoms. The highest BCUT2D eigenvalue weighted by Crippen LogP contribution is 2.34. The van der Waals surface area contributed by atoms with Crippen molar-refractivity contribution in [2.24, 2.45) is 0 Å². The molecule has 7 heteroatoms. The fourth-order valence-corrected chi connectivity index (χ4v) is 4.40. The molecule has 0 saturated carbocycles. The van der Waals surface area contributed by atoms with Gasteiger partial charge >= 0.3 is 5.97 Å². The van der Waals surface area contributed by atoms with Crippen molar-refractivity contribution in [1.29, 1.82) is 0 Å². The minimum atomic E-state index is -3.73. The predicted molar refractivity (Wildman–Crippen MR) is 87.5 cm³/mol. The largest absolute Gasteiger partial charge is 0.465 e. The van der Waals surface area contributed by atoms with E-state index in [1.54, 1.807) is 30.3 Å². The number of methoxy groups -OCH3 is 1. The highest BCUT2D eigenvalue weighted by molar-refractivity contribution is 7.92. The molecule has 0 aliphatic carbocycles. The van der Waals surface area contributed by atoms with E-state index < -0.39 is 16.0 Å². The molecule has 2 aromatic carbocycles. The summed E-state index contributed by atoms with van der Waals surface area (Å²) >= 11 is 5.90. The molecule has 5 nitrogen and oxygen atoms in total. The number of sulfonamides is 1. The topological polar surface area (TPSA) is 63.7 Å². The van der Waals surface area contributed by atoms with Crippen LogP contribution in [0.3, 0.4) is 0 Å². The second-order valence-electron chi connectivity index (χ2n) is 5.12. The molecule has 0 bridgehead atoms. The number of rotatable bonds is 3. The molecule has 0 radical (unpaired) electrons. The van der Waals surface area contributed by atoms with Gasteiger partial charge in [-0.3, -0.25) is 4.31 Å². The molecule has 0 saturated heterocycles. The normalized spacial score (nSPS) is 13.7. The summed E-state index contributed by atoms with van der Waals surface area (Å²) in [4.78, 5) is 11.8. The molecule has 1 heterocycles. The van der Waals surface area contributed by atoms with Crippen LogP contribution in [-0.2, 0) is 21.2 Å². The number of carbonyl (C=O) groups is 1. The molecule has 2 aromatic rings. The number of esters is 1. The van der Waals surface area contributed by atoms with E-state index in [2.05, 4.69) is 0 Å². The number of carbonyl (C=O) groups excluding carboxylic acids is 1. The molecular weight excluding hydrogens is 338 g/mol. The predicted octanol–water partition coefficient (Wildman–Crippen LogP) is 2.88. The van der Waals surface area contributed by atoms with Crippen LogP contribution in [0.5, 0.6) is 0 Å². The Balaban J connectivity index is 2.06. The Bertz CT molecular complexity index is 879. The minimum absolute atomic E-state index is 0.126. The third-order valence-corrected chi connectivity index (χ3v) is 5.79. The van der Waals surface area contributed by atoms with E-state index in [4.69, 9.17) is 16.3 Å². The number of halogens is 1. The second kappa shape index (κ2) is 5.86. The lowest BCUT2D eigenvalue weighted by Crippen LogP contribution is -2.29. The van der Waals surface area contributed by atoms with Gasteiger partial charge in [0.2, 0.25) is 0 Å². The van der Waals surface area contributed by atoms with E-state index in [0.717, 1.165) is 5.56 Å². The van der Waals surface area contributed by atoms with Crippen LogP contribution in [0.1, 0.15) is 15.9 Å².